The molecule has 1 aromatic carbocycles. The van der Waals surface area contributed by atoms with Gasteiger partial charge in [-0.2, -0.15) is 0 Å². The highest BCUT2D eigenvalue weighted by atomic mass is 16.5. The Balaban J connectivity index is 3.05. The minimum Gasteiger partial charge on any atom is -0.496 e. The van der Waals surface area contributed by atoms with Crippen molar-refractivity contribution >= 4 is 5.78 Å². The summed E-state index contributed by atoms with van der Waals surface area (Å²) in [5, 5.41) is 0. The van der Waals surface area contributed by atoms with Gasteiger partial charge in [-0.05, 0) is 38.0 Å². The van der Waals surface area contributed by atoms with Crippen molar-refractivity contribution in [1.82, 2.24) is 0 Å². The van der Waals surface area contributed by atoms with Crippen LogP contribution in [0.5, 0.6) is 5.75 Å². The molecular formula is C14H18O2. The van der Waals surface area contributed by atoms with Gasteiger partial charge in [-0.1, -0.05) is 18.2 Å². The van der Waals surface area contributed by atoms with Crippen LogP contribution < -0.4 is 4.74 Å². The second kappa shape index (κ2) is 5.50. The van der Waals surface area contributed by atoms with Gasteiger partial charge in [0.1, 0.15) is 5.75 Å². The van der Waals surface area contributed by atoms with Gasteiger partial charge in [0.15, 0.2) is 5.78 Å². The van der Waals surface area contributed by atoms with Crippen LogP contribution in [0.2, 0.25) is 0 Å². The number of rotatable bonds is 4. The Kier molecular flexibility index (Phi) is 4.29. The molecule has 0 unspecified atom stereocenters. The number of ketones is 1. The van der Waals surface area contributed by atoms with Gasteiger partial charge in [-0.15, -0.1) is 0 Å². The maximum Gasteiger partial charge on any atom is 0.159 e. The molecule has 0 aliphatic rings. The molecule has 0 bridgehead atoms. The number of hydrogen-bond acceptors (Lipinski definition) is 2. The Hall–Kier alpha value is -1.57. The maximum atomic E-state index is 11.5. The molecule has 0 aliphatic carbocycles. The molecule has 0 radical (unpaired) electrons. The summed E-state index contributed by atoms with van der Waals surface area (Å²) in [4.78, 5) is 11.5. The van der Waals surface area contributed by atoms with Gasteiger partial charge < -0.3 is 4.74 Å². The third kappa shape index (κ3) is 2.72. The first-order chi connectivity index (χ1) is 7.60. The molecule has 86 valence electrons. The minimum atomic E-state index is 0.101. The van der Waals surface area contributed by atoms with Crippen molar-refractivity contribution in [3.63, 3.8) is 0 Å². The van der Waals surface area contributed by atoms with Gasteiger partial charge >= 0.3 is 0 Å². The quantitative estimate of drug-likeness (QED) is 0.726. The zero-order valence-electron chi connectivity index (χ0n) is 10.3. The summed E-state index contributed by atoms with van der Waals surface area (Å²) < 4.78 is 5.36. The van der Waals surface area contributed by atoms with Crippen LogP contribution in [0.4, 0.5) is 0 Å². The highest BCUT2D eigenvalue weighted by Gasteiger charge is 2.10. The van der Waals surface area contributed by atoms with Gasteiger partial charge in [0.2, 0.25) is 0 Å². The highest BCUT2D eigenvalue weighted by molar-refractivity contribution is 5.91. The Labute approximate surface area is 96.9 Å². The molecule has 0 saturated heterocycles. The fourth-order valence-electron chi connectivity index (χ4n) is 1.70. The van der Waals surface area contributed by atoms with Gasteiger partial charge in [0, 0.05) is 12.0 Å². The molecule has 0 aliphatic heterocycles. The van der Waals surface area contributed by atoms with E-state index < -0.39 is 0 Å². The van der Waals surface area contributed by atoms with Crippen LogP contribution in [-0.4, -0.2) is 12.9 Å². The number of ether oxygens (including phenoxy) is 1. The van der Waals surface area contributed by atoms with Crippen molar-refractivity contribution in [1.29, 1.82) is 0 Å². The number of allylic oxidation sites excluding steroid dienone is 2. The lowest BCUT2D eigenvalue weighted by Gasteiger charge is -2.12. The fraction of sp³-hybridized carbons (Fsp3) is 0.357. The summed E-state index contributed by atoms with van der Waals surface area (Å²) in [6.45, 7) is 5.89. The van der Waals surface area contributed by atoms with E-state index in [-0.39, 0.29) is 5.78 Å². The monoisotopic (exact) mass is 218 g/mol. The molecule has 0 N–H and O–H groups in total. The van der Waals surface area contributed by atoms with Crippen LogP contribution >= 0.6 is 0 Å². The molecule has 2 heteroatoms. The summed E-state index contributed by atoms with van der Waals surface area (Å²) in [6, 6.07) is 3.98. The molecule has 0 saturated carbocycles. The van der Waals surface area contributed by atoms with Crippen LogP contribution in [0.3, 0.4) is 0 Å². The van der Waals surface area contributed by atoms with Crippen molar-refractivity contribution < 1.29 is 9.53 Å². The molecule has 0 fully saturated rings. The Morgan fingerprint density at radius 1 is 1.38 bits per heavy atom. The molecule has 16 heavy (non-hydrogen) atoms. The van der Waals surface area contributed by atoms with Crippen molar-refractivity contribution in [3.05, 3.63) is 41.0 Å². The number of carbonyl (C=O) groups is 1. The smallest absolute Gasteiger partial charge is 0.159 e. The lowest BCUT2D eigenvalue weighted by Crippen LogP contribution is -2.03. The third-order valence-corrected chi connectivity index (χ3v) is 2.68. The summed E-state index contributed by atoms with van der Waals surface area (Å²) in [5.74, 6) is 0.932. The van der Waals surface area contributed by atoms with E-state index in [1.54, 1.807) is 19.3 Å². The van der Waals surface area contributed by atoms with Gasteiger partial charge in [-0.25, -0.2) is 0 Å². The molecule has 2 nitrogen and oxygen atoms in total. The van der Waals surface area contributed by atoms with E-state index in [1.165, 1.54) is 5.56 Å². The van der Waals surface area contributed by atoms with E-state index in [2.05, 4.69) is 0 Å². The normalized spacial score (nSPS) is 10.8. The van der Waals surface area contributed by atoms with Crippen molar-refractivity contribution in [2.75, 3.05) is 7.11 Å². The molecular weight excluding hydrogens is 200 g/mol. The number of carbonyl (C=O) groups excluding carboxylic acids is 1. The zero-order valence-corrected chi connectivity index (χ0v) is 10.3. The first-order valence-electron chi connectivity index (χ1n) is 5.38. The SMILES string of the molecule is C/C=C/C(=O)Cc1ccc(C)c(C)c1OC. The van der Waals surface area contributed by atoms with Crippen LogP contribution in [0.25, 0.3) is 0 Å². The molecule has 0 atom stereocenters. The first kappa shape index (κ1) is 12.5. The minimum absolute atomic E-state index is 0.101. The average Bonchev–Trinajstić information content (AvgIpc) is 2.24. The molecule has 0 amide bonds. The van der Waals surface area contributed by atoms with Crippen molar-refractivity contribution in [2.24, 2.45) is 0 Å². The summed E-state index contributed by atoms with van der Waals surface area (Å²) in [6.07, 6.45) is 3.75. The molecule has 1 rings (SSSR count). The third-order valence-electron chi connectivity index (χ3n) is 2.68. The summed E-state index contributed by atoms with van der Waals surface area (Å²) in [7, 11) is 1.64. The lowest BCUT2D eigenvalue weighted by atomic mass is 10.0. The highest BCUT2D eigenvalue weighted by Crippen LogP contribution is 2.26. The summed E-state index contributed by atoms with van der Waals surface area (Å²) >= 11 is 0. The fourth-order valence-corrected chi connectivity index (χ4v) is 1.70. The largest absolute Gasteiger partial charge is 0.496 e. The van der Waals surface area contributed by atoms with Crippen molar-refractivity contribution in [2.45, 2.75) is 27.2 Å². The second-order valence-electron chi connectivity index (χ2n) is 3.84. The summed E-state index contributed by atoms with van der Waals surface area (Å²) in [5.41, 5.74) is 3.24. The number of benzene rings is 1. The number of hydrogen-bond donors (Lipinski definition) is 0. The Bertz CT molecular complexity index is 417. The van der Waals surface area contributed by atoms with E-state index >= 15 is 0 Å². The molecule has 0 heterocycles. The standard InChI is InChI=1S/C14H18O2/c1-5-6-13(15)9-12-8-7-10(2)11(3)14(12)16-4/h5-8H,9H2,1-4H3/b6-5+. The Morgan fingerprint density at radius 3 is 2.62 bits per heavy atom. The van der Waals surface area contributed by atoms with E-state index in [9.17, 15) is 4.79 Å². The number of aryl methyl sites for hydroxylation is 1. The van der Waals surface area contributed by atoms with Crippen LogP contribution in [-0.2, 0) is 11.2 Å². The van der Waals surface area contributed by atoms with E-state index in [4.69, 9.17) is 4.74 Å². The Morgan fingerprint density at radius 2 is 2.06 bits per heavy atom. The zero-order chi connectivity index (χ0) is 12.1. The number of methoxy groups -OCH3 is 1. The van der Waals surface area contributed by atoms with Crippen LogP contribution in [0.1, 0.15) is 23.6 Å². The topological polar surface area (TPSA) is 26.3 Å². The van der Waals surface area contributed by atoms with E-state index in [0.717, 1.165) is 16.9 Å². The van der Waals surface area contributed by atoms with Crippen LogP contribution in [0, 0.1) is 13.8 Å². The molecule has 0 aromatic heterocycles. The van der Waals surface area contributed by atoms with E-state index in [1.807, 2.05) is 32.9 Å². The van der Waals surface area contributed by atoms with Crippen LogP contribution in [0.15, 0.2) is 24.3 Å². The predicted molar refractivity (Wildman–Crippen MR) is 66.0 cm³/mol. The average molecular weight is 218 g/mol. The van der Waals surface area contributed by atoms with Crippen molar-refractivity contribution in [3.8, 4) is 5.75 Å². The lowest BCUT2D eigenvalue weighted by molar-refractivity contribution is -0.114. The second-order valence-corrected chi connectivity index (χ2v) is 3.84. The predicted octanol–water partition coefficient (Wildman–Crippen LogP) is 3.00. The van der Waals surface area contributed by atoms with Gasteiger partial charge in [-0.3, -0.25) is 4.79 Å². The van der Waals surface area contributed by atoms with Gasteiger partial charge in [0.25, 0.3) is 0 Å². The van der Waals surface area contributed by atoms with E-state index in [0.29, 0.717) is 6.42 Å². The first-order valence-corrected chi connectivity index (χ1v) is 5.38. The molecule has 0 spiro atoms. The molecule has 1 aromatic rings. The maximum absolute atomic E-state index is 11.5. The van der Waals surface area contributed by atoms with Gasteiger partial charge in [0.05, 0.1) is 7.11 Å².